The van der Waals surface area contributed by atoms with Crippen LogP contribution in [-0.2, 0) is 8.85 Å². The van der Waals surface area contributed by atoms with Gasteiger partial charge in [0.2, 0.25) is 0 Å². The van der Waals surface area contributed by atoms with E-state index in [-0.39, 0.29) is 0 Å². The molecule has 1 atom stereocenters. The quantitative estimate of drug-likeness (QED) is 0.629. The number of nitrogens with zero attached hydrogens (tertiary/aromatic N) is 2. The standard InChI is InChI=1S/C9H22N2O2Si/c1-10-6-7-11(2)9(8-10)14(5,12-3)13-4/h9H,6-8H2,1-5H3. The van der Waals surface area contributed by atoms with Crippen LogP contribution in [-0.4, -0.2) is 72.0 Å². The van der Waals surface area contributed by atoms with Gasteiger partial charge in [0.25, 0.3) is 0 Å². The smallest absolute Gasteiger partial charge is 0.353 e. The van der Waals surface area contributed by atoms with Crippen LogP contribution in [0.15, 0.2) is 0 Å². The third-order valence-corrected chi connectivity index (χ3v) is 6.72. The average molecular weight is 218 g/mol. The van der Waals surface area contributed by atoms with Gasteiger partial charge in [-0.3, -0.25) is 4.90 Å². The van der Waals surface area contributed by atoms with E-state index in [0.717, 1.165) is 19.6 Å². The second-order valence-electron chi connectivity index (χ2n) is 4.18. The first-order valence-corrected chi connectivity index (χ1v) is 7.42. The third kappa shape index (κ3) is 2.35. The Kier molecular flexibility index (Phi) is 4.09. The highest BCUT2D eigenvalue weighted by Crippen LogP contribution is 2.19. The highest BCUT2D eigenvalue weighted by Gasteiger charge is 2.43. The molecule has 0 radical (unpaired) electrons. The van der Waals surface area contributed by atoms with Crippen LogP contribution in [0.25, 0.3) is 0 Å². The summed E-state index contributed by atoms with van der Waals surface area (Å²) in [6.45, 7) is 5.40. The molecule has 84 valence electrons. The van der Waals surface area contributed by atoms with Crippen LogP contribution in [0, 0.1) is 0 Å². The van der Waals surface area contributed by atoms with Gasteiger partial charge >= 0.3 is 8.56 Å². The normalized spacial score (nSPS) is 26.8. The molecule has 0 N–H and O–H groups in total. The molecule has 1 saturated heterocycles. The van der Waals surface area contributed by atoms with Gasteiger partial charge in [-0.1, -0.05) is 0 Å². The Morgan fingerprint density at radius 3 is 2.21 bits per heavy atom. The van der Waals surface area contributed by atoms with Crippen LogP contribution in [0.4, 0.5) is 0 Å². The Balaban J connectivity index is 2.72. The van der Waals surface area contributed by atoms with Crippen LogP contribution in [0.5, 0.6) is 0 Å². The number of hydrogen-bond donors (Lipinski definition) is 0. The Hall–Kier alpha value is 0.0569. The number of piperazine rings is 1. The van der Waals surface area contributed by atoms with Crippen molar-refractivity contribution in [2.24, 2.45) is 0 Å². The molecule has 14 heavy (non-hydrogen) atoms. The molecule has 0 amide bonds. The van der Waals surface area contributed by atoms with Crippen molar-refractivity contribution in [1.82, 2.24) is 9.80 Å². The lowest BCUT2D eigenvalue weighted by molar-refractivity contribution is 0.109. The molecule has 0 aromatic heterocycles. The molecule has 1 rings (SSSR count). The van der Waals surface area contributed by atoms with Gasteiger partial charge in [-0.25, -0.2) is 0 Å². The maximum atomic E-state index is 5.59. The van der Waals surface area contributed by atoms with E-state index in [2.05, 4.69) is 30.4 Å². The van der Waals surface area contributed by atoms with Gasteiger partial charge in [-0.2, -0.15) is 0 Å². The molecule has 0 bridgehead atoms. The summed E-state index contributed by atoms with van der Waals surface area (Å²) >= 11 is 0. The van der Waals surface area contributed by atoms with Crippen molar-refractivity contribution in [1.29, 1.82) is 0 Å². The average Bonchev–Trinajstić information content (AvgIpc) is 2.20. The van der Waals surface area contributed by atoms with Crippen molar-refractivity contribution in [3.63, 3.8) is 0 Å². The van der Waals surface area contributed by atoms with E-state index >= 15 is 0 Å². The van der Waals surface area contributed by atoms with E-state index in [1.54, 1.807) is 14.2 Å². The highest BCUT2D eigenvalue weighted by atomic mass is 28.4. The Morgan fingerprint density at radius 1 is 1.14 bits per heavy atom. The van der Waals surface area contributed by atoms with Crippen LogP contribution in [0.2, 0.25) is 6.55 Å². The fourth-order valence-corrected chi connectivity index (χ4v) is 4.22. The van der Waals surface area contributed by atoms with E-state index in [4.69, 9.17) is 8.85 Å². The summed E-state index contributed by atoms with van der Waals surface area (Å²) in [7, 11) is 5.81. The Labute approximate surface area is 88.0 Å². The van der Waals surface area contributed by atoms with Gasteiger partial charge < -0.3 is 13.8 Å². The highest BCUT2D eigenvalue weighted by molar-refractivity contribution is 6.67. The first-order valence-electron chi connectivity index (χ1n) is 5.02. The van der Waals surface area contributed by atoms with Crippen LogP contribution < -0.4 is 0 Å². The summed E-state index contributed by atoms with van der Waals surface area (Å²) in [5.74, 6) is 0. The van der Waals surface area contributed by atoms with Gasteiger partial charge in [0.1, 0.15) is 0 Å². The zero-order valence-electron chi connectivity index (χ0n) is 9.91. The van der Waals surface area contributed by atoms with Crippen LogP contribution in [0.1, 0.15) is 0 Å². The van der Waals surface area contributed by atoms with Crippen molar-refractivity contribution in [3.8, 4) is 0 Å². The Morgan fingerprint density at radius 2 is 1.71 bits per heavy atom. The molecule has 1 heterocycles. The zero-order chi connectivity index (χ0) is 10.8. The van der Waals surface area contributed by atoms with Crippen molar-refractivity contribution in [2.45, 2.75) is 12.2 Å². The van der Waals surface area contributed by atoms with Gasteiger partial charge in [0.05, 0.1) is 5.67 Å². The largest absolute Gasteiger partial charge is 0.397 e. The lowest BCUT2D eigenvalue weighted by Crippen LogP contribution is -2.64. The summed E-state index contributed by atoms with van der Waals surface area (Å²) in [6.07, 6.45) is 0. The minimum Gasteiger partial charge on any atom is -0.397 e. The fourth-order valence-electron chi connectivity index (χ4n) is 1.93. The predicted octanol–water partition coefficient (Wildman–Crippen LogP) is 0.136. The van der Waals surface area contributed by atoms with Crippen molar-refractivity contribution in [2.75, 3.05) is 47.9 Å². The monoisotopic (exact) mass is 218 g/mol. The maximum absolute atomic E-state index is 5.59. The molecule has 0 aromatic carbocycles. The SMILES string of the molecule is CO[Si](C)(OC)C1CN(C)CCN1C. The molecule has 1 unspecified atom stereocenters. The molecular weight excluding hydrogens is 196 g/mol. The topological polar surface area (TPSA) is 24.9 Å². The predicted molar refractivity (Wildman–Crippen MR) is 59.6 cm³/mol. The van der Waals surface area contributed by atoms with Gasteiger partial charge in [-0.15, -0.1) is 0 Å². The molecule has 4 nitrogen and oxygen atoms in total. The van der Waals surface area contributed by atoms with Crippen LogP contribution in [0.3, 0.4) is 0 Å². The molecule has 0 saturated carbocycles. The second-order valence-corrected chi connectivity index (χ2v) is 7.70. The first-order chi connectivity index (χ1) is 6.53. The molecule has 5 heteroatoms. The minimum atomic E-state index is -2.02. The lowest BCUT2D eigenvalue weighted by Gasteiger charge is -2.43. The van der Waals surface area contributed by atoms with E-state index < -0.39 is 8.56 Å². The van der Waals surface area contributed by atoms with E-state index in [9.17, 15) is 0 Å². The first kappa shape index (κ1) is 12.1. The van der Waals surface area contributed by atoms with Crippen molar-refractivity contribution >= 4 is 8.56 Å². The summed E-state index contributed by atoms with van der Waals surface area (Å²) < 4.78 is 11.2. The molecule has 0 spiro atoms. The summed E-state index contributed by atoms with van der Waals surface area (Å²) in [4.78, 5) is 4.70. The van der Waals surface area contributed by atoms with Crippen molar-refractivity contribution in [3.05, 3.63) is 0 Å². The number of likely N-dealkylation sites (N-methyl/N-ethyl adjacent to an activating group) is 2. The van der Waals surface area contributed by atoms with E-state index in [0.29, 0.717) is 5.67 Å². The molecular formula is C9H22N2O2Si. The molecule has 1 aliphatic heterocycles. The summed E-state index contributed by atoms with van der Waals surface area (Å²) in [5.41, 5.74) is 0.427. The Bertz CT molecular complexity index is 188. The van der Waals surface area contributed by atoms with E-state index in [1.165, 1.54) is 0 Å². The molecule has 1 fully saturated rings. The van der Waals surface area contributed by atoms with Gasteiger partial charge in [-0.05, 0) is 20.6 Å². The van der Waals surface area contributed by atoms with Crippen LogP contribution >= 0.6 is 0 Å². The second kappa shape index (κ2) is 4.72. The lowest BCUT2D eigenvalue weighted by atomic mass is 10.3. The number of rotatable bonds is 3. The molecule has 0 aromatic rings. The van der Waals surface area contributed by atoms with Gasteiger partial charge in [0, 0.05) is 33.9 Å². The van der Waals surface area contributed by atoms with Crippen molar-refractivity contribution < 1.29 is 8.85 Å². The van der Waals surface area contributed by atoms with E-state index in [1.807, 2.05) is 0 Å². The fraction of sp³-hybridized carbons (Fsp3) is 1.00. The number of hydrogen-bond acceptors (Lipinski definition) is 4. The molecule has 0 aliphatic carbocycles. The van der Waals surface area contributed by atoms with Gasteiger partial charge in [0.15, 0.2) is 0 Å². The summed E-state index contributed by atoms with van der Waals surface area (Å²) in [6, 6.07) is 0. The zero-order valence-corrected chi connectivity index (χ0v) is 10.9. The summed E-state index contributed by atoms with van der Waals surface area (Å²) in [5, 5.41) is 0. The maximum Gasteiger partial charge on any atom is 0.353 e. The third-order valence-electron chi connectivity index (χ3n) is 3.27. The minimum absolute atomic E-state index is 0.427. The molecule has 1 aliphatic rings.